The third kappa shape index (κ3) is 7.92. The molecule has 1 saturated heterocycles. The van der Waals surface area contributed by atoms with Crippen molar-refractivity contribution in [2.75, 3.05) is 43.3 Å². The van der Waals surface area contributed by atoms with E-state index >= 15 is 8.78 Å². The SMILES string of the molecule is Cc1cc(C)c(C(c2cc(F)cc3c2OCOC3)N(C(=O)O)c2ccnc(Nc3ccc(OCCCN4CCCCC4)c(F)c3)n2)c(C)c1. The topological polar surface area (TPSA) is 109 Å². The number of nitrogens with zero attached hydrogens (tertiary/aromatic N) is 4. The minimum atomic E-state index is -1.33. The molecule has 3 heterocycles. The molecule has 2 N–H and O–H groups in total. The standard InChI is InChI=1S/C37H41F2N5O5/c1-23-16-24(2)33(25(3)17-23)34(29-19-27(38)18-26-21-47-22-49-35(26)29)44(37(45)46)32-10-11-40-36(42-32)41-28-8-9-31(30(39)20-28)48-15-7-14-43-12-5-4-6-13-43/h8-11,16-20,34H,4-7,12-15,21-22H2,1-3H3,(H,45,46)(H,40,41,42). The molecular formula is C37H41F2N5O5. The van der Waals surface area contributed by atoms with E-state index in [9.17, 15) is 9.90 Å². The Hall–Kier alpha value is -4.81. The molecule has 258 valence electrons. The first kappa shape index (κ1) is 34.1. The Balaban J connectivity index is 1.28. The maximum Gasteiger partial charge on any atom is 0.413 e. The molecule has 49 heavy (non-hydrogen) atoms. The second-order valence-electron chi connectivity index (χ2n) is 12.6. The van der Waals surface area contributed by atoms with Crippen molar-refractivity contribution in [1.82, 2.24) is 14.9 Å². The van der Waals surface area contributed by atoms with E-state index in [1.165, 1.54) is 49.7 Å². The average molecular weight is 674 g/mol. The van der Waals surface area contributed by atoms with Gasteiger partial charge >= 0.3 is 6.09 Å². The first-order valence-electron chi connectivity index (χ1n) is 16.6. The van der Waals surface area contributed by atoms with E-state index in [0.717, 1.165) is 47.6 Å². The van der Waals surface area contributed by atoms with Crippen LogP contribution in [0.25, 0.3) is 0 Å². The number of benzene rings is 3. The Morgan fingerprint density at radius 2 is 1.84 bits per heavy atom. The van der Waals surface area contributed by atoms with Crippen LogP contribution in [0.4, 0.5) is 31.0 Å². The normalized spacial score (nSPS) is 15.2. The quantitative estimate of drug-likeness (QED) is 0.154. The Labute approximate surface area is 284 Å². The highest BCUT2D eigenvalue weighted by molar-refractivity contribution is 5.87. The van der Waals surface area contributed by atoms with Gasteiger partial charge in [-0.15, -0.1) is 0 Å². The summed E-state index contributed by atoms with van der Waals surface area (Å²) in [5, 5.41) is 13.7. The summed E-state index contributed by atoms with van der Waals surface area (Å²) in [6.07, 6.45) is 4.61. The van der Waals surface area contributed by atoms with E-state index in [0.29, 0.717) is 34.7 Å². The molecule has 10 nitrogen and oxygen atoms in total. The van der Waals surface area contributed by atoms with Gasteiger partial charge in [-0.05, 0) is 100 Å². The van der Waals surface area contributed by atoms with Crippen LogP contribution in [0.2, 0.25) is 0 Å². The number of aryl methyl sites for hydroxylation is 3. The molecule has 6 rings (SSSR count). The van der Waals surface area contributed by atoms with Crippen molar-refractivity contribution in [3.63, 3.8) is 0 Å². The number of nitrogens with one attached hydrogen (secondary N) is 1. The monoisotopic (exact) mass is 673 g/mol. The number of halogens is 2. The highest BCUT2D eigenvalue weighted by atomic mass is 19.1. The zero-order valence-corrected chi connectivity index (χ0v) is 28.0. The van der Waals surface area contributed by atoms with Crippen LogP contribution >= 0.6 is 0 Å². The summed E-state index contributed by atoms with van der Waals surface area (Å²) in [5.74, 6) is -0.527. The first-order chi connectivity index (χ1) is 23.7. The zero-order valence-electron chi connectivity index (χ0n) is 28.0. The highest BCUT2D eigenvalue weighted by Crippen LogP contribution is 2.43. The maximum absolute atomic E-state index is 15.1. The molecule has 2 aliphatic rings. The third-order valence-corrected chi connectivity index (χ3v) is 8.87. The van der Waals surface area contributed by atoms with Crippen LogP contribution in [-0.2, 0) is 11.3 Å². The van der Waals surface area contributed by atoms with Crippen LogP contribution in [0.5, 0.6) is 11.5 Å². The Morgan fingerprint density at radius 1 is 1.06 bits per heavy atom. The van der Waals surface area contributed by atoms with Gasteiger partial charge in [-0.1, -0.05) is 24.1 Å². The molecule has 1 unspecified atom stereocenters. The lowest BCUT2D eigenvalue weighted by atomic mass is 9.87. The van der Waals surface area contributed by atoms with Gasteiger partial charge in [-0.3, -0.25) is 0 Å². The van der Waals surface area contributed by atoms with Gasteiger partial charge in [0.15, 0.2) is 18.4 Å². The molecule has 0 bridgehead atoms. The number of likely N-dealkylation sites (tertiary alicyclic amines) is 1. The van der Waals surface area contributed by atoms with Crippen LogP contribution in [0, 0.1) is 32.4 Å². The smallest absolute Gasteiger partial charge is 0.413 e. The van der Waals surface area contributed by atoms with E-state index in [1.54, 1.807) is 12.1 Å². The number of fused-ring (bicyclic) bond motifs is 1. The van der Waals surface area contributed by atoms with Gasteiger partial charge in [0, 0.05) is 35.6 Å². The molecular weight excluding hydrogens is 632 g/mol. The van der Waals surface area contributed by atoms with Gasteiger partial charge < -0.3 is 29.5 Å². The number of anilines is 3. The molecule has 0 radical (unpaired) electrons. The number of rotatable bonds is 11. The Kier molecular flexibility index (Phi) is 10.5. The van der Waals surface area contributed by atoms with Crippen molar-refractivity contribution in [1.29, 1.82) is 0 Å². The lowest BCUT2D eigenvalue weighted by molar-refractivity contribution is -0.0174. The van der Waals surface area contributed by atoms with Crippen LogP contribution < -0.4 is 19.7 Å². The second kappa shape index (κ2) is 15.2. The predicted molar refractivity (Wildman–Crippen MR) is 182 cm³/mol. The fourth-order valence-electron chi connectivity index (χ4n) is 6.82. The molecule has 0 aliphatic carbocycles. The highest BCUT2D eigenvalue weighted by Gasteiger charge is 2.36. The molecule has 3 aromatic carbocycles. The maximum atomic E-state index is 15.1. The summed E-state index contributed by atoms with van der Waals surface area (Å²) in [7, 11) is 0. The summed E-state index contributed by atoms with van der Waals surface area (Å²) < 4.78 is 47.2. The van der Waals surface area contributed by atoms with Crippen LogP contribution in [-0.4, -0.2) is 59.1 Å². The largest absolute Gasteiger partial charge is 0.490 e. The minimum absolute atomic E-state index is 0.0218. The molecule has 1 aromatic heterocycles. The van der Waals surface area contributed by atoms with E-state index in [2.05, 4.69) is 20.2 Å². The molecule has 2 aliphatic heterocycles. The fraction of sp³-hybridized carbons (Fsp3) is 0.378. The Bertz CT molecular complexity index is 1790. The number of aromatic nitrogens is 2. The second-order valence-corrected chi connectivity index (χ2v) is 12.6. The Morgan fingerprint density at radius 3 is 2.57 bits per heavy atom. The van der Waals surface area contributed by atoms with Crippen molar-refractivity contribution >= 4 is 23.5 Å². The molecule has 0 saturated carbocycles. The number of hydrogen-bond acceptors (Lipinski definition) is 8. The lowest BCUT2D eigenvalue weighted by Crippen LogP contribution is -2.36. The minimum Gasteiger partial charge on any atom is -0.490 e. The molecule has 1 atom stereocenters. The lowest BCUT2D eigenvalue weighted by Gasteiger charge is -2.34. The third-order valence-electron chi connectivity index (χ3n) is 8.87. The van der Waals surface area contributed by atoms with Gasteiger partial charge in [0.25, 0.3) is 0 Å². The van der Waals surface area contributed by atoms with Crippen LogP contribution in [0.3, 0.4) is 0 Å². The van der Waals surface area contributed by atoms with Crippen molar-refractivity contribution in [3.8, 4) is 11.5 Å². The summed E-state index contributed by atoms with van der Waals surface area (Å²) in [6, 6.07) is 11.4. The summed E-state index contributed by atoms with van der Waals surface area (Å²) >= 11 is 0. The molecule has 0 spiro atoms. The molecule has 1 fully saturated rings. The molecule has 12 heteroatoms. The molecule has 1 amide bonds. The van der Waals surface area contributed by atoms with Gasteiger partial charge in [0.05, 0.1) is 19.3 Å². The van der Waals surface area contributed by atoms with E-state index in [4.69, 9.17) is 14.2 Å². The van der Waals surface area contributed by atoms with Crippen LogP contribution in [0.1, 0.15) is 65.1 Å². The first-order valence-corrected chi connectivity index (χ1v) is 16.6. The van der Waals surface area contributed by atoms with E-state index < -0.39 is 23.8 Å². The van der Waals surface area contributed by atoms with Gasteiger partial charge in [-0.2, -0.15) is 4.98 Å². The zero-order chi connectivity index (χ0) is 34.5. The number of ether oxygens (including phenoxy) is 3. The number of piperidine rings is 1. The number of carboxylic acid groups (broad SMARTS) is 1. The van der Waals surface area contributed by atoms with Gasteiger partial charge in [0.1, 0.15) is 17.4 Å². The van der Waals surface area contributed by atoms with Gasteiger partial charge in [0.2, 0.25) is 5.95 Å². The fourth-order valence-corrected chi connectivity index (χ4v) is 6.82. The van der Waals surface area contributed by atoms with Crippen LogP contribution in [0.15, 0.2) is 54.7 Å². The van der Waals surface area contributed by atoms with Crippen molar-refractivity contribution in [3.05, 3.63) is 99.7 Å². The van der Waals surface area contributed by atoms with Crippen molar-refractivity contribution in [2.45, 2.75) is 59.1 Å². The number of carbonyl (C=O) groups is 1. The predicted octanol–water partition coefficient (Wildman–Crippen LogP) is 7.82. The summed E-state index contributed by atoms with van der Waals surface area (Å²) in [6.45, 7) is 9.33. The summed E-state index contributed by atoms with van der Waals surface area (Å²) in [4.78, 5) is 25.5. The molecule has 4 aromatic rings. The number of amides is 1. The number of hydrogen-bond donors (Lipinski definition) is 2. The van der Waals surface area contributed by atoms with Crippen molar-refractivity contribution in [2.24, 2.45) is 0 Å². The van der Waals surface area contributed by atoms with E-state index in [1.807, 2.05) is 32.9 Å². The van der Waals surface area contributed by atoms with Crippen molar-refractivity contribution < 1.29 is 32.9 Å². The average Bonchev–Trinajstić information content (AvgIpc) is 3.07. The van der Waals surface area contributed by atoms with Gasteiger partial charge in [-0.25, -0.2) is 23.5 Å². The summed E-state index contributed by atoms with van der Waals surface area (Å²) in [5.41, 5.74) is 4.44. The van der Waals surface area contributed by atoms with E-state index in [-0.39, 0.29) is 30.9 Å².